The van der Waals surface area contributed by atoms with Gasteiger partial charge in [0.1, 0.15) is 22.1 Å². The predicted octanol–water partition coefficient (Wildman–Crippen LogP) is 7.70. The summed E-state index contributed by atoms with van der Waals surface area (Å²) in [6.45, 7) is 0. The van der Waals surface area contributed by atoms with Gasteiger partial charge in [0, 0.05) is 45.2 Å². The van der Waals surface area contributed by atoms with Crippen LogP contribution in [0.25, 0.3) is 32.3 Å². The first kappa shape index (κ1) is 41.0. The number of phenolic OH excluding ortho intramolecular Hbond substituents is 3. The molecule has 0 aromatic heterocycles. The van der Waals surface area contributed by atoms with Gasteiger partial charge in [0.15, 0.2) is 5.75 Å². The fraction of sp³-hybridized carbons (Fsp3) is 0. The molecule has 22 heteroatoms. The molecule has 0 saturated carbocycles. The summed E-state index contributed by atoms with van der Waals surface area (Å²) < 4.78 is 100. The van der Waals surface area contributed by atoms with Gasteiger partial charge in [-0.05, 0) is 113 Å². The molecule has 0 aliphatic carbocycles. The van der Waals surface area contributed by atoms with Gasteiger partial charge < -0.3 is 31.1 Å². The number of fused-ring (bicyclic) bond motifs is 3. The lowest BCUT2D eigenvalue weighted by Gasteiger charge is -2.12. The Labute approximate surface area is 338 Å². The largest absolute Gasteiger partial charge is 0.507 e. The zero-order valence-corrected chi connectivity index (χ0v) is 32.4. The number of aliphatic hydroxyl groups is 1. The fourth-order valence-corrected chi connectivity index (χ4v) is 7.80. The fourth-order valence-electron chi connectivity index (χ4n) is 6.07. The standard InChI is InChI=1S/C38H27N5O14S3/c44-32-17-27(58(49,50)51)14-20-11-24(5-8-29(20)32)39-37(47)19-1-3-23(4-2-19)42-43-35-34(60(55,56)57)16-22-13-26(7-10-31(22)36(35)46)41-38(48)40-25-6-9-30-21(12-25)15-28(18-33(30)45)59(52,53)54/h1-18,44-46H,(H,39,47)(H2,40,41,48)(H,49,50,51)(H,52,53,54)(H,55,56,57). The van der Waals surface area contributed by atoms with E-state index in [1.165, 1.54) is 78.9 Å². The van der Waals surface area contributed by atoms with Crippen LogP contribution in [0.2, 0.25) is 0 Å². The van der Waals surface area contributed by atoms with Crippen LogP contribution in [0.15, 0.2) is 139 Å². The molecule has 0 aliphatic heterocycles. The van der Waals surface area contributed by atoms with E-state index < -0.39 is 79.9 Å². The lowest BCUT2D eigenvalue weighted by molar-refractivity contribution is 0.262. The Morgan fingerprint density at radius 2 is 1.00 bits per heavy atom. The van der Waals surface area contributed by atoms with Gasteiger partial charge >= 0.3 is 6.03 Å². The number of carbonyl (C=O) groups is 1. The van der Waals surface area contributed by atoms with Gasteiger partial charge in [-0.15, -0.1) is 5.11 Å². The van der Waals surface area contributed by atoms with E-state index in [4.69, 9.17) is 0 Å². The first-order valence-corrected chi connectivity index (χ1v) is 21.1. The first-order valence-electron chi connectivity index (χ1n) is 16.8. The van der Waals surface area contributed by atoms with Crippen molar-refractivity contribution in [2.75, 3.05) is 10.6 Å². The number of phenols is 3. The van der Waals surface area contributed by atoms with E-state index in [0.29, 0.717) is 0 Å². The van der Waals surface area contributed by atoms with Crippen molar-refractivity contribution < 1.29 is 64.1 Å². The third-order valence-electron chi connectivity index (χ3n) is 8.86. The molecule has 19 nitrogen and oxygen atoms in total. The van der Waals surface area contributed by atoms with Gasteiger partial charge in [0.2, 0.25) is 5.90 Å². The summed E-state index contributed by atoms with van der Waals surface area (Å²) in [6.07, 6.45) is 0. The van der Waals surface area contributed by atoms with Crippen LogP contribution in [-0.2, 0) is 30.4 Å². The summed E-state index contributed by atoms with van der Waals surface area (Å²) in [4.78, 5) is 15.1. The maximum absolute atomic E-state index is 12.9. The number of nitrogens with one attached hydrogen (secondary N) is 2. The van der Waals surface area contributed by atoms with E-state index in [0.717, 1.165) is 30.3 Å². The Hall–Kier alpha value is -7.21. The zero-order valence-electron chi connectivity index (χ0n) is 29.9. The summed E-state index contributed by atoms with van der Waals surface area (Å²) in [5, 5.41) is 56.0. The summed E-state index contributed by atoms with van der Waals surface area (Å²) in [7, 11) is -14.3. The van der Waals surface area contributed by atoms with Gasteiger partial charge in [-0.1, -0.05) is 0 Å². The molecule has 0 atom stereocenters. The molecule has 0 fully saturated rings. The second-order valence-corrected chi connectivity index (χ2v) is 17.2. The third kappa shape index (κ3) is 8.63. The SMILES string of the molecule is O=C(Nc1ccc2c(O)cc(S(=O)(=O)O)cc2c1)Nc1ccc2c(O)c(N=Nc3ccc(C(O)=Nc4ccc5c(O)cc(S(=O)(=O)O)cc5c4)cc3)c(S(=O)(=O)O)cc2c1. The van der Waals surface area contributed by atoms with Crippen molar-refractivity contribution in [3.05, 3.63) is 115 Å². The van der Waals surface area contributed by atoms with Crippen LogP contribution in [0, 0.1) is 0 Å². The molecule has 0 saturated heterocycles. The Morgan fingerprint density at radius 3 is 1.53 bits per heavy atom. The predicted molar refractivity (Wildman–Crippen MR) is 218 cm³/mol. The summed E-state index contributed by atoms with van der Waals surface area (Å²) >= 11 is 0. The highest BCUT2D eigenvalue weighted by atomic mass is 32.2. The number of aromatic hydroxyl groups is 3. The Balaban J connectivity index is 1.10. The lowest BCUT2D eigenvalue weighted by Crippen LogP contribution is -2.19. The van der Waals surface area contributed by atoms with Gasteiger partial charge in [-0.25, -0.2) is 9.79 Å². The van der Waals surface area contributed by atoms with Gasteiger partial charge in [0.25, 0.3) is 30.4 Å². The molecule has 0 heterocycles. The van der Waals surface area contributed by atoms with Crippen molar-refractivity contribution in [1.29, 1.82) is 0 Å². The number of amides is 2. The highest BCUT2D eigenvalue weighted by molar-refractivity contribution is 7.86. The normalized spacial score (nSPS) is 12.7. The highest BCUT2D eigenvalue weighted by Gasteiger charge is 2.23. The van der Waals surface area contributed by atoms with Gasteiger partial charge in [0.05, 0.1) is 21.2 Å². The molecule has 0 spiro atoms. The van der Waals surface area contributed by atoms with E-state index in [-0.39, 0.29) is 60.6 Å². The molecule has 7 rings (SSSR count). The molecule has 0 radical (unpaired) electrons. The average Bonchev–Trinajstić information content (AvgIpc) is 3.16. The van der Waals surface area contributed by atoms with Crippen LogP contribution in [0.5, 0.6) is 17.2 Å². The molecule has 0 aliphatic rings. The number of benzene rings is 7. The minimum atomic E-state index is -5.03. The average molecular weight is 874 g/mol. The quantitative estimate of drug-likeness (QED) is 0.0290. The first-order chi connectivity index (χ1) is 28.1. The van der Waals surface area contributed by atoms with Crippen LogP contribution in [0.1, 0.15) is 5.56 Å². The molecule has 9 N–H and O–H groups in total. The maximum Gasteiger partial charge on any atom is 0.323 e. The number of azo groups is 1. The number of aliphatic imine (C=N–C) groups is 1. The van der Waals surface area contributed by atoms with Crippen LogP contribution >= 0.6 is 0 Å². The van der Waals surface area contributed by atoms with E-state index in [1.54, 1.807) is 0 Å². The zero-order chi connectivity index (χ0) is 43.3. The Morgan fingerprint density at radius 1 is 0.517 bits per heavy atom. The third-order valence-corrected chi connectivity index (χ3v) is 11.4. The number of aliphatic hydroxyl groups excluding tert-OH is 1. The maximum atomic E-state index is 12.9. The van der Waals surface area contributed by atoms with Crippen LogP contribution < -0.4 is 10.6 Å². The molecule has 0 unspecified atom stereocenters. The topological polar surface area (TPSA) is 322 Å². The summed E-state index contributed by atoms with van der Waals surface area (Å²) in [5.74, 6) is -1.98. The van der Waals surface area contributed by atoms with Gasteiger partial charge in [-0.3, -0.25) is 13.7 Å². The molecular weight excluding hydrogens is 847 g/mol. The number of anilines is 2. The van der Waals surface area contributed by atoms with Gasteiger partial charge in [-0.2, -0.15) is 30.4 Å². The second-order valence-electron chi connectivity index (χ2n) is 12.9. The monoisotopic (exact) mass is 873 g/mol. The van der Waals surface area contributed by atoms with E-state index in [2.05, 4.69) is 25.9 Å². The van der Waals surface area contributed by atoms with Crippen molar-refractivity contribution in [2.24, 2.45) is 15.2 Å². The molecule has 2 amide bonds. The minimum absolute atomic E-state index is 0.0528. The highest BCUT2D eigenvalue weighted by Crippen LogP contribution is 2.42. The number of carbonyl (C=O) groups excluding carboxylic acids is 1. The molecule has 306 valence electrons. The number of nitrogens with zero attached hydrogens (tertiary/aromatic N) is 3. The molecule has 7 aromatic carbocycles. The van der Waals surface area contributed by atoms with Crippen LogP contribution in [-0.4, -0.2) is 71.3 Å². The number of hydrogen-bond donors (Lipinski definition) is 9. The summed E-state index contributed by atoms with van der Waals surface area (Å²) in [5.41, 5.74) is 0.116. The minimum Gasteiger partial charge on any atom is -0.507 e. The van der Waals surface area contributed by atoms with Crippen LogP contribution in [0.3, 0.4) is 0 Å². The van der Waals surface area contributed by atoms with Crippen molar-refractivity contribution >= 4 is 103 Å². The Bertz CT molecular complexity index is 3360. The lowest BCUT2D eigenvalue weighted by atomic mass is 10.1. The molecule has 0 bridgehead atoms. The van der Waals surface area contributed by atoms with Crippen molar-refractivity contribution in [3.63, 3.8) is 0 Å². The van der Waals surface area contributed by atoms with E-state index in [1.807, 2.05) is 0 Å². The Kier molecular flexibility index (Phi) is 10.4. The molecule has 7 aromatic rings. The number of hydrogen-bond acceptors (Lipinski definition) is 13. The molecule has 60 heavy (non-hydrogen) atoms. The van der Waals surface area contributed by atoms with E-state index >= 15 is 0 Å². The second kappa shape index (κ2) is 15.2. The van der Waals surface area contributed by atoms with Crippen molar-refractivity contribution in [1.82, 2.24) is 0 Å². The number of rotatable bonds is 9. The van der Waals surface area contributed by atoms with Crippen molar-refractivity contribution in [2.45, 2.75) is 14.7 Å². The van der Waals surface area contributed by atoms with E-state index in [9.17, 15) is 64.1 Å². The van der Waals surface area contributed by atoms with Crippen LogP contribution in [0.4, 0.5) is 33.2 Å². The molecular formula is C38H27N5O14S3. The summed E-state index contributed by atoms with van der Waals surface area (Å²) in [6, 6.07) is 22.1. The number of urea groups is 1. The van der Waals surface area contributed by atoms with Crippen molar-refractivity contribution in [3.8, 4) is 17.2 Å². The smallest absolute Gasteiger partial charge is 0.323 e.